The molecule has 0 aliphatic carbocycles. The van der Waals surface area contributed by atoms with E-state index in [0.29, 0.717) is 11.6 Å². The van der Waals surface area contributed by atoms with E-state index in [0.717, 1.165) is 42.2 Å². The van der Waals surface area contributed by atoms with E-state index in [1.807, 2.05) is 30.3 Å². The van der Waals surface area contributed by atoms with Gasteiger partial charge in [0.15, 0.2) is 17.5 Å². The number of aromatic nitrogens is 2. The maximum absolute atomic E-state index is 13.3. The van der Waals surface area contributed by atoms with Crippen LogP contribution >= 0.6 is 11.6 Å². The van der Waals surface area contributed by atoms with Crippen molar-refractivity contribution in [3.63, 3.8) is 0 Å². The number of carbonyl (C=O) groups excluding carboxylic acids is 1. The number of nitrogens with zero attached hydrogens (tertiary/aromatic N) is 2. The lowest BCUT2D eigenvalue weighted by molar-refractivity contribution is 0.0940. The number of aromatic amines is 1. The fraction of sp³-hybridized carbons (Fsp3) is 0.200. The zero-order valence-electron chi connectivity index (χ0n) is 14.8. The summed E-state index contributed by atoms with van der Waals surface area (Å²) in [5.41, 5.74) is 1.95. The van der Waals surface area contributed by atoms with Crippen LogP contribution in [0.15, 0.2) is 48.5 Å². The normalized spacial score (nSPS) is 16.4. The van der Waals surface area contributed by atoms with E-state index in [1.165, 1.54) is 6.07 Å². The van der Waals surface area contributed by atoms with E-state index in [4.69, 9.17) is 11.6 Å². The van der Waals surface area contributed by atoms with Crippen LogP contribution in [0.25, 0.3) is 11.3 Å². The predicted molar refractivity (Wildman–Crippen MR) is 103 cm³/mol. The van der Waals surface area contributed by atoms with Gasteiger partial charge in [0, 0.05) is 35.8 Å². The van der Waals surface area contributed by atoms with Gasteiger partial charge in [0.25, 0.3) is 5.91 Å². The van der Waals surface area contributed by atoms with Gasteiger partial charge in [0.1, 0.15) is 0 Å². The van der Waals surface area contributed by atoms with Crippen molar-refractivity contribution in [2.45, 2.75) is 12.5 Å². The Hall–Kier alpha value is -2.93. The summed E-state index contributed by atoms with van der Waals surface area (Å²) >= 11 is 5.92. The molecule has 0 unspecified atom stereocenters. The molecule has 8 heteroatoms. The third-order valence-electron chi connectivity index (χ3n) is 4.75. The number of amides is 1. The molecule has 144 valence electrons. The van der Waals surface area contributed by atoms with Gasteiger partial charge in [-0.15, -0.1) is 0 Å². The second kappa shape index (κ2) is 7.59. The molecule has 4 rings (SSSR count). The summed E-state index contributed by atoms with van der Waals surface area (Å²) in [5, 5.41) is 10.9. The van der Waals surface area contributed by atoms with Gasteiger partial charge in [-0.2, -0.15) is 5.10 Å². The Morgan fingerprint density at radius 3 is 2.68 bits per heavy atom. The SMILES string of the molecule is O=C(N[C@H]1CCN(c2cc(-c3ccc(Cl)cc3)[nH]n2)C1)c1ccc(F)c(F)c1. The number of H-pyrrole nitrogens is 1. The lowest BCUT2D eigenvalue weighted by atomic mass is 10.1. The van der Waals surface area contributed by atoms with Crippen molar-refractivity contribution in [2.75, 3.05) is 18.0 Å². The molecule has 0 radical (unpaired) electrons. The Kier molecular flexibility index (Phi) is 5.00. The second-order valence-electron chi connectivity index (χ2n) is 6.68. The fourth-order valence-electron chi connectivity index (χ4n) is 3.24. The van der Waals surface area contributed by atoms with Crippen molar-refractivity contribution >= 4 is 23.3 Å². The molecule has 1 aromatic heterocycles. The van der Waals surface area contributed by atoms with Crippen LogP contribution in [-0.2, 0) is 0 Å². The van der Waals surface area contributed by atoms with Crippen LogP contribution in [0, 0.1) is 11.6 Å². The minimum Gasteiger partial charge on any atom is -0.353 e. The van der Waals surface area contributed by atoms with Crippen LogP contribution in [0.2, 0.25) is 5.02 Å². The van der Waals surface area contributed by atoms with E-state index >= 15 is 0 Å². The minimum absolute atomic E-state index is 0.0992. The number of hydrogen-bond acceptors (Lipinski definition) is 3. The largest absolute Gasteiger partial charge is 0.353 e. The maximum Gasteiger partial charge on any atom is 0.251 e. The molecular formula is C20H17ClF2N4O. The van der Waals surface area contributed by atoms with Crippen LogP contribution in [0.4, 0.5) is 14.6 Å². The van der Waals surface area contributed by atoms with E-state index < -0.39 is 17.5 Å². The summed E-state index contributed by atoms with van der Waals surface area (Å²) in [6.07, 6.45) is 0.735. The molecule has 5 nitrogen and oxygen atoms in total. The summed E-state index contributed by atoms with van der Waals surface area (Å²) in [6, 6.07) is 12.4. The lowest BCUT2D eigenvalue weighted by Crippen LogP contribution is -2.37. The molecule has 1 aliphatic heterocycles. The average Bonchev–Trinajstić information content (AvgIpc) is 3.34. The summed E-state index contributed by atoms with van der Waals surface area (Å²) in [4.78, 5) is 14.3. The monoisotopic (exact) mass is 402 g/mol. The zero-order chi connectivity index (χ0) is 19.7. The molecule has 1 fully saturated rings. The van der Waals surface area contributed by atoms with Crippen molar-refractivity contribution in [1.82, 2.24) is 15.5 Å². The van der Waals surface area contributed by atoms with Crippen molar-refractivity contribution in [3.05, 3.63) is 70.8 Å². The standard InChI is InChI=1S/C20H17ClF2N4O/c21-14-4-1-12(2-5-14)18-10-19(26-25-18)27-8-7-15(11-27)24-20(28)13-3-6-16(22)17(23)9-13/h1-6,9-10,15H,7-8,11H2,(H,24,28)(H,25,26)/t15-/m0/s1. The van der Waals surface area contributed by atoms with Crippen LogP contribution in [0.1, 0.15) is 16.8 Å². The number of halogens is 3. The van der Waals surface area contributed by atoms with Gasteiger partial charge in [0.05, 0.1) is 5.69 Å². The number of carbonyl (C=O) groups is 1. The van der Waals surface area contributed by atoms with E-state index in [1.54, 1.807) is 0 Å². The third-order valence-corrected chi connectivity index (χ3v) is 5.00. The first-order valence-electron chi connectivity index (χ1n) is 8.82. The number of nitrogens with one attached hydrogen (secondary N) is 2. The summed E-state index contributed by atoms with van der Waals surface area (Å²) in [7, 11) is 0. The minimum atomic E-state index is -1.04. The molecule has 1 aliphatic rings. The third kappa shape index (κ3) is 3.84. The van der Waals surface area contributed by atoms with Gasteiger partial charge in [-0.25, -0.2) is 8.78 Å². The molecule has 1 saturated heterocycles. The molecule has 2 N–H and O–H groups in total. The second-order valence-corrected chi connectivity index (χ2v) is 7.12. The highest BCUT2D eigenvalue weighted by Gasteiger charge is 2.26. The van der Waals surface area contributed by atoms with Crippen molar-refractivity contribution in [3.8, 4) is 11.3 Å². The van der Waals surface area contributed by atoms with Crippen LogP contribution in [0.3, 0.4) is 0 Å². The predicted octanol–water partition coefficient (Wildman–Crippen LogP) is 4.02. The molecule has 2 aromatic carbocycles. The highest BCUT2D eigenvalue weighted by atomic mass is 35.5. The quantitative estimate of drug-likeness (QED) is 0.693. The fourth-order valence-corrected chi connectivity index (χ4v) is 3.37. The first kappa shape index (κ1) is 18.4. The average molecular weight is 403 g/mol. The Morgan fingerprint density at radius 1 is 1.14 bits per heavy atom. The number of rotatable bonds is 4. The highest BCUT2D eigenvalue weighted by molar-refractivity contribution is 6.30. The first-order valence-corrected chi connectivity index (χ1v) is 9.19. The Morgan fingerprint density at radius 2 is 1.93 bits per heavy atom. The van der Waals surface area contributed by atoms with E-state index in [2.05, 4.69) is 20.4 Å². The van der Waals surface area contributed by atoms with Gasteiger partial charge in [-0.05, 0) is 42.3 Å². The Labute approximate surface area is 165 Å². The lowest BCUT2D eigenvalue weighted by Gasteiger charge is -2.16. The van der Waals surface area contributed by atoms with Crippen LogP contribution in [0.5, 0.6) is 0 Å². The van der Waals surface area contributed by atoms with E-state index in [-0.39, 0.29) is 11.6 Å². The van der Waals surface area contributed by atoms with Gasteiger partial charge in [0.2, 0.25) is 0 Å². The molecule has 0 spiro atoms. The van der Waals surface area contributed by atoms with Gasteiger partial charge in [-0.3, -0.25) is 9.89 Å². The molecule has 28 heavy (non-hydrogen) atoms. The Bertz CT molecular complexity index is 1010. The number of anilines is 1. The summed E-state index contributed by atoms with van der Waals surface area (Å²) in [5.74, 6) is -1.64. The van der Waals surface area contributed by atoms with Crippen LogP contribution < -0.4 is 10.2 Å². The molecular weight excluding hydrogens is 386 g/mol. The topological polar surface area (TPSA) is 61.0 Å². The number of hydrogen-bond donors (Lipinski definition) is 2. The summed E-state index contributed by atoms with van der Waals surface area (Å²) in [6.45, 7) is 1.31. The molecule has 1 atom stereocenters. The Balaban J connectivity index is 1.39. The molecule has 2 heterocycles. The molecule has 3 aromatic rings. The molecule has 0 bridgehead atoms. The van der Waals surface area contributed by atoms with Crippen molar-refractivity contribution < 1.29 is 13.6 Å². The zero-order valence-corrected chi connectivity index (χ0v) is 15.5. The highest BCUT2D eigenvalue weighted by Crippen LogP contribution is 2.25. The first-order chi connectivity index (χ1) is 13.5. The van der Waals surface area contributed by atoms with Gasteiger partial charge in [-0.1, -0.05) is 23.7 Å². The van der Waals surface area contributed by atoms with Crippen molar-refractivity contribution in [2.24, 2.45) is 0 Å². The van der Waals surface area contributed by atoms with Crippen LogP contribution in [-0.4, -0.2) is 35.2 Å². The smallest absolute Gasteiger partial charge is 0.251 e. The van der Waals surface area contributed by atoms with Gasteiger partial charge >= 0.3 is 0 Å². The number of benzene rings is 2. The maximum atomic E-state index is 13.3. The van der Waals surface area contributed by atoms with Crippen molar-refractivity contribution in [1.29, 1.82) is 0 Å². The van der Waals surface area contributed by atoms with E-state index in [9.17, 15) is 13.6 Å². The van der Waals surface area contributed by atoms with Gasteiger partial charge < -0.3 is 10.2 Å². The molecule has 0 saturated carbocycles. The molecule has 1 amide bonds. The summed E-state index contributed by atoms with van der Waals surface area (Å²) < 4.78 is 26.3.